The second-order valence-electron chi connectivity index (χ2n) is 5.46. The largest absolute Gasteiger partial charge is 0.480 e. The smallest absolute Gasteiger partial charge is 0.329 e. The normalized spacial score (nSPS) is 13.5. The monoisotopic (exact) mass is 337 g/mol. The van der Waals surface area contributed by atoms with Gasteiger partial charge < -0.3 is 14.9 Å². The van der Waals surface area contributed by atoms with Crippen molar-refractivity contribution in [1.29, 1.82) is 0 Å². The molecule has 0 saturated heterocycles. The highest BCUT2D eigenvalue weighted by atomic mass is 32.1. The average Bonchev–Trinajstić information content (AvgIpc) is 3.16. The maximum atomic E-state index is 12.0. The molecule has 0 aliphatic carbocycles. The molecule has 1 atom stereocenters. The summed E-state index contributed by atoms with van der Waals surface area (Å²) in [5.41, 5.74) is -0.376. The van der Waals surface area contributed by atoms with Crippen molar-refractivity contribution in [1.82, 2.24) is 15.5 Å². The van der Waals surface area contributed by atoms with Gasteiger partial charge in [-0.15, -0.1) is 0 Å². The Bertz CT molecular complexity index is 668. The molecule has 0 radical (unpaired) electrons. The molecular formula is C15H19N3O4S. The van der Waals surface area contributed by atoms with Crippen molar-refractivity contribution in [2.24, 2.45) is 0 Å². The van der Waals surface area contributed by atoms with Crippen LogP contribution in [-0.4, -0.2) is 32.7 Å². The lowest BCUT2D eigenvalue weighted by molar-refractivity contribution is -0.147. The van der Waals surface area contributed by atoms with E-state index in [0.717, 1.165) is 5.56 Å². The van der Waals surface area contributed by atoms with E-state index in [9.17, 15) is 14.7 Å². The summed E-state index contributed by atoms with van der Waals surface area (Å²) in [5, 5.41) is 19.5. The summed E-state index contributed by atoms with van der Waals surface area (Å²) in [4.78, 5) is 27.5. The number of hydrogen-bond acceptors (Lipinski definition) is 6. The van der Waals surface area contributed by atoms with Crippen LogP contribution in [0, 0.1) is 0 Å². The van der Waals surface area contributed by atoms with Crippen LogP contribution in [0.3, 0.4) is 0 Å². The van der Waals surface area contributed by atoms with Crippen LogP contribution in [0.1, 0.15) is 39.0 Å². The highest BCUT2D eigenvalue weighted by Gasteiger charge is 2.33. The van der Waals surface area contributed by atoms with Crippen LogP contribution in [0.4, 0.5) is 0 Å². The van der Waals surface area contributed by atoms with E-state index in [-0.39, 0.29) is 18.7 Å². The number of aliphatic carboxylic acids is 1. The molecule has 23 heavy (non-hydrogen) atoms. The zero-order chi connectivity index (χ0) is 16.9. The second-order valence-corrected chi connectivity index (χ2v) is 6.24. The summed E-state index contributed by atoms with van der Waals surface area (Å²) in [7, 11) is 0. The van der Waals surface area contributed by atoms with Gasteiger partial charge in [-0.05, 0) is 24.8 Å². The summed E-state index contributed by atoms with van der Waals surface area (Å²) in [6.45, 7) is 3.38. The third-order valence-corrected chi connectivity index (χ3v) is 4.13. The van der Waals surface area contributed by atoms with Gasteiger partial charge in [0, 0.05) is 23.8 Å². The van der Waals surface area contributed by atoms with E-state index in [4.69, 9.17) is 4.52 Å². The molecule has 1 amide bonds. The minimum absolute atomic E-state index is 0.0951. The van der Waals surface area contributed by atoms with Gasteiger partial charge in [0.25, 0.3) is 0 Å². The highest BCUT2D eigenvalue weighted by molar-refractivity contribution is 7.08. The fourth-order valence-electron chi connectivity index (χ4n) is 2.18. The molecule has 2 rings (SSSR count). The van der Waals surface area contributed by atoms with Crippen molar-refractivity contribution < 1.29 is 19.2 Å². The number of aromatic nitrogens is 2. The number of nitrogens with zero attached hydrogens (tertiary/aromatic N) is 2. The van der Waals surface area contributed by atoms with Gasteiger partial charge in [0.15, 0.2) is 0 Å². The molecule has 2 N–H and O–H groups in total. The molecule has 1 unspecified atom stereocenters. The molecule has 0 bridgehead atoms. The van der Waals surface area contributed by atoms with Gasteiger partial charge >= 0.3 is 5.97 Å². The van der Waals surface area contributed by atoms with Crippen LogP contribution < -0.4 is 5.32 Å². The molecule has 0 aliphatic rings. The summed E-state index contributed by atoms with van der Waals surface area (Å²) >= 11 is 1.53. The molecule has 0 saturated carbocycles. The number of carboxylic acid groups (broad SMARTS) is 1. The van der Waals surface area contributed by atoms with Gasteiger partial charge in [-0.2, -0.15) is 16.3 Å². The Morgan fingerprint density at radius 2 is 2.26 bits per heavy atom. The lowest BCUT2D eigenvalue weighted by atomic mass is 9.96. The number of aryl methyl sites for hydroxylation is 1. The molecule has 0 aromatic carbocycles. The first kappa shape index (κ1) is 17.1. The second kappa shape index (κ2) is 7.36. The number of carbonyl (C=O) groups is 2. The standard InChI is InChI=1S/C15H19N3O4S/c1-3-7-15(2,14(20)21)17-11(19)4-5-12-16-13(18-22-12)10-6-8-23-9-10/h6,8-9H,3-5,7H2,1-2H3,(H,17,19)(H,20,21). The van der Waals surface area contributed by atoms with E-state index in [1.807, 2.05) is 23.8 Å². The summed E-state index contributed by atoms with van der Waals surface area (Å²) in [5.74, 6) is -0.541. The Kier molecular flexibility index (Phi) is 5.49. The van der Waals surface area contributed by atoms with Gasteiger partial charge in [0.05, 0.1) is 0 Å². The van der Waals surface area contributed by atoms with Crippen molar-refractivity contribution in [3.63, 3.8) is 0 Å². The predicted octanol–water partition coefficient (Wildman–Crippen LogP) is 2.49. The van der Waals surface area contributed by atoms with E-state index in [1.165, 1.54) is 18.3 Å². The van der Waals surface area contributed by atoms with Gasteiger partial charge in [-0.3, -0.25) is 4.79 Å². The van der Waals surface area contributed by atoms with Crippen molar-refractivity contribution >= 4 is 23.2 Å². The number of rotatable bonds is 8. The maximum absolute atomic E-state index is 12.0. The molecule has 124 valence electrons. The fraction of sp³-hybridized carbons (Fsp3) is 0.467. The van der Waals surface area contributed by atoms with Gasteiger partial charge in [-0.1, -0.05) is 18.5 Å². The summed E-state index contributed by atoms with van der Waals surface area (Å²) < 4.78 is 5.11. The Balaban J connectivity index is 1.90. The first-order valence-corrected chi connectivity index (χ1v) is 8.28. The molecular weight excluding hydrogens is 318 g/mol. The highest BCUT2D eigenvalue weighted by Crippen LogP contribution is 2.19. The number of amides is 1. The van der Waals surface area contributed by atoms with Crippen molar-refractivity contribution in [3.8, 4) is 11.4 Å². The van der Waals surface area contributed by atoms with Crippen LogP contribution in [0.5, 0.6) is 0 Å². The molecule has 0 aliphatic heterocycles. The number of nitrogens with one attached hydrogen (secondary N) is 1. The number of carbonyl (C=O) groups excluding carboxylic acids is 1. The maximum Gasteiger partial charge on any atom is 0.329 e. The van der Waals surface area contributed by atoms with Crippen LogP contribution in [-0.2, 0) is 16.0 Å². The number of carboxylic acids is 1. The van der Waals surface area contributed by atoms with E-state index in [1.54, 1.807) is 0 Å². The number of thiophene rings is 1. The zero-order valence-electron chi connectivity index (χ0n) is 13.0. The fourth-order valence-corrected chi connectivity index (χ4v) is 2.81. The average molecular weight is 337 g/mol. The minimum Gasteiger partial charge on any atom is -0.480 e. The van der Waals surface area contributed by atoms with E-state index >= 15 is 0 Å². The molecule has 8 heteroatoms. The molecule has 2 heterocycles. The summed E-state index contributed by atoms with van der Waals surface area (Å²) in [6.07, 6.45) is 1.40. The van der Waals surface area contributed by atoms with Crippen LogP contribution in [0.15, 0.2) is 21.3 Å². The summed E-state index contributed by atoms with van der Waals surface area (Å²) in [6, 6.07) is 1.88. The van der Waals surface area contributed by atoms with Crippen molar-refractivity contribution in [3.05, 3.63) is 22.7 Å². The molecule has 2 aromatic heterocycles. The van der Waals surface area contributed by atoms with Crippen molar-refractivity contribution in [2.75, 3.05) is 0 Å². The zero-order valence-corrected chi connectivity index (χ0v) is 13.9. The van der Waals surface area contributed by atoms with Crippen LogP contribution in [0.25, 0.3) is 11.4 Å². The quantitative estimate of drug-likeness (QED) is 0.766. The lowest BCUT2D eigenvalue weighted by Crippen LogP contribution is -2.52. The Hall–Kier alpha value is -2.22. The van der Waals surface area contributed by atoms with E-state index in [2.05, 4.69) is 15.5 Å². The predicted molar refractivity (Wildman–Crippen MR) is 85.0 cm³/mol. The third-order valence-electron chi connectivity index (χ3n) is 3.45. The Morgan fingerprint density at radius 3 is 2.87 bits per heavy atom. The van der Waals surface area contributed by atoms with Crippen molar-refractivity contribution in [2.45, 2.75) is 45.1 Å². The van der Waals surface area contributed by atoms with Gasteiger partial charge in [0.2, 0.25) is 17.6 Å². The van der Waals surface area contributed by atoms with E-state index < -0.39 is 11.5 Å². The first-order valence-electron chi connectivity index (χ1n) is 7.34. The van der Waals surface area contributed by atoms with Crippen LogP contribution in [0.2, 0.25) is 0 Å². The Labute approximate surface area is 137 Å². The molecule has 7 nitrogen and oxygen atoms in total. The third kappa shape index (κ3) is 4.38. The van der Waals surface area contributed by atoms with Crippen LogP contribution >= 0.6 is 11.3 Å². The Morgan fingerprint density at radius 1 is 1.48 bits per heavy atom. The molecule has 0 fully saturated rings. The topological polar surface area (TPSA) is 105 Å². The molecule has 0 spiro atoms. The van der Waals surface area contributed by atoms with Gasteiger partial charge in [0.1, 0.15) is 5.54 Å². The number of hydrogen-bond donors (Lipinski definition) is 2. The van der Waals surface area contributed by atoms with Gasteiger partial charge in [-0.25, -0.2) is 4.79 Å². The minimum atomic E-state index is -1.25. The first-order chi connectivity index (χ1) is 10.9. The van der Waals surface area contributed by atoms with E-state index in [0.29, 0.717) is 24.6 Å². The molecule has 2 aromatic rings. The SMILES string of the molecule is CCCC(C)(NC(=O)CCc1nc(-c2ccsc2)no1)C(=O)O. The lowest BCUT2D eigenvalue weighted by Gasteiger charge is -2.25.